The predicted octanol–water partition coefficient (Wildman–Crippen LogP) is 1.12. The molecule has 3 heterocycles. The van der Waals surface area contributed by atoms with E-state index in [4.69, 9.17) is 18.9 Å². The molecule has 0 amide bonds. The number of benzene rings is 2. The molecular formula is C26H28N8O8. The summed E-state index contributed by atoms with van der Waals surface area (Å²) in [4.78, 5) is 29.1. The molecular weight excluding hydrogens is 552 g/mol. The van der Waals surface area contributed by atoms with Crippen LogP contribution in [-0.2, 0) is 0 Å². The van der Waals surface area contributed by atoms with Crippen LogP contribution >= 0.6 is 0 Å². The minimum atomic E-state index is -0.202. The highest BCUT2D eigenvalue weighted by Gasteiger charge is 2.19. The Hall–Kier alpha value is -4.90. The minimum absolute atomic E-state index is 0.110. The molecule has 16 nitrogen and oxygen atoms in total. The largest absolute Gasteiger partial charge is 0.424 e. The first-order chi connectivity index (χ1) is 20.6. The summed E-state index contributed by atoms with van der Waals surface area (Å²) >= 11 is 0. The van der Waals surface area contributed by atoms with Gasteiger partial charge in [-0.3, -0.25) is 0 Å². The zero-order valence-corrected chi connectivity index (χ0v) is 22.3. The second-order valence-electron chi connectivity index (χ2n) is 8.63. The van der Waals surface area contributed by atoms with Crippen LogP contribution in [0.25, 0.3) is 0 Å². The van der Waals surface area contributed by atoms with Gasteiger partial charge >= 0.3 is 24.0 Å². The van der Waals surface area contributed by atoms with Gasteiger partial charge in [-0.2, -0.15) is 19.9 Å². The Labute approximate surface area is 239 Å². The SMILES string of the molecule is OCCN(CCO)c1nc2nc(n1)Oc1cccc(c1)Oc1nc(nc(N(CCO)CCO)n1)Oc1cccc(c1)O2. The molecule has 2 aromatic heterocycles. The van der Waals surface area contributed by atoms with Crippen LogP contribution in [0.2, 0.25) is 0 Å². The van der Waals surface area contributed by atoms with Crippen molar-refractivity contribution in [3.05, 3.63) is 48.5 Å². The molecule has 0 saturated heterocycles. The third-order valence-electron chi connectivity index (χ3n) is 5.66. The third kappa shape index (κ3) is 7.24. The number of fused-ring (bicyclic) bond motifs is 8. The van der Waals surface area contributed by atoms with Crippen LogP contribution < -0.4 is 28.7 Å². The van der Waals surface area contributed by atoms with Gasteiger partial charge in [0.2, 0.25) is 11.9 Å². The smallest absolute Gasteiger partial charge is 0.330 e. The first kappa shape index (κ1) is 28.6. The van der Waals surface area contributed by atoms with E-state index in [1.807, 2.05) is 0 Å². The Morgan fingerprint density at radius 1 is 0.452 bits per heavy atom. The Bertz CT molecular complexity index is 1290. The molecule has 220 valence electrons. The van der Waals surface area contributed by atoms with E-state index in [0.29, 0.717) is 23.0 Å². The number of aliphatic hydroxyl groups is 4. The number of rotatable bonds is 10. The van der Waals surface area contributed by atoms with Crippen molar-refractivity contribution < 1.29 is 39.4 Å². The summed E-state index contributed by atoms with van der Waals surface area (Å²) in [6, 6.07) is 12.6. The summed E-state index contributed by atoms with van der Waals surface area (Å²) in [5.41, 5.74) is 0. The summed E-state index contributed by atoms with van der Waals surface area (Å²) in [6.07, 6.45) is 0. The van der Waals surface area contributed by atoms with Crippen LogP contribution in [0.4, 0.5) is 11.9 Å². The van der Waals surface area contributed by atoms with Gasteiger partial charge in [0, 0.05) is 38.3 Å². The van der Waals surface area contributed by atoms with Crippen molar-refractivity contribution in [3.8, 4) is 47.0 Å². The number of ether oxygens (including phenoxy) is 4. The number of hydrogen-bond acceptors (Lipinski definition) is 16. The maximum Gasteiger partial charge on any atom is 0.330 e. The highest BCUT2D eigenvalue weighted by atomic mass is 16.5. The molecule has 0 unspecified atom stereocenters. The van der Waals surface area contributed by atoms with Crippen molar-refractivity contribution in [1.29, 1.82) is 0 Å². The van der Waals surface area contributed by atoms with E-state index in [0.717, 1.165) is 0 Å². The minimum Gasteiger partial charge on any atom is -0.424 e. The van der Waals surface area contributed by atoms with Crippen LogP contribution in [0.3, 0.4) is 0 Å². The van der Waals surface area contributed by atoms with Gasteiger partial charge in [-0.05, 0) is 24.3 Å². The zero-order valence-electron chi connectivity index (χ0n) is 22.3. The fourth-order valence-corrected chi connectivity index (χ4v) is 3.85. The van der Waals surface area contributed by atoms with Gasteiger partial charge in [-0.25, -0.2) is 0 Å². The van der Waals surface area contributed by atoms with Crippen LogP contribution in [0, 0.1) is 0 Å². The van der Waals surface area contributed by atoms with E-state index in [2.05, 4.69) is 29.9 Å². The molecule has 1 aliphatic heterocycles. The van der Waals surface area contributed by atoms with Crippen molar-refractivity contribution in [2.24, 2.45) is 0 Å². The Morgan fingerprint density at radius 3 is 1.00 bits per heavy atom. The van der Waals surface area contributed by atoms with Gasteiger partial charge in [0.15, 0.2) is 0 Å². The maximum absolute atomic E-state index is 9.51. The monoisotopic (exact) mass is 580 g/mol. The number of anilines is 2. The van der Waals surface area contributed by atoms with Crippen molar-refractivity contribution in [1.82, 2.24) is 29.9 Å². The third-order valence-corrected chi connectivity index (χ3v) is 5.66. The molecule has 42 heavy (non-hydrogen) atoms. The number of aromatic nitrogens is 6. The van der Waals surface area contributed by atoms with Gasteiger partial charge in [0.25, 0.3) is 0 Å². The maximum atomic E-state index is 9.51. The van der Waals surface area contributed by atoms with Gasteiger partial charge in [-0.15, -0.1) is 9.97 Å². The molecule has 5 rings (SSSR count). The molecule has 0 radical (unpaired) electrons. The lowest BCUT2D eigenvalue weighted by atomic mass is 10.3. The molecule has 0 aliphatic carbocycles. The highest BCUT2D eigenvalue weighted by Crippen LogP contribution is 2.32. The van der Waals surface area contributed by atoms with Crippen LogP contribution in [0.5, 0.6) is 47.0 Å². The van der Waals surface area contributed by atoms with Crippen molar-refractivity contribution in [3.63, 3.8) is 0 Å². The number of aliphatic hydroxyl groups excluding tert-OH is 4. The normalized spacial score (nSPS) is 11.9. The van der Waals surface area contributed by atoms with Crippen molar-refractivity contribution in [2.75, 3.05) is 62.4 Å². The van der Waals surface area contributed by atoms with Gasteiger partial charge in [0.1, 0.15) is 23.0 Å². The number of nitrogens with zero attached hydrogens (tertiary/aromatic N) is 8. The van der Waals surface area contributed by atoms with Gasteiger partial charge in [-0.1, -0.05) is 12.1 Å². The highest BCUT2D eigenvalue weighted by molar-refractivity contribution is 5.41. The van der Waals surface area contributed by atoms with Crippen LogP contribution in [0.1, 0.15) is 0 Å². The van der Waals surface area contributed by atoms with Crippen LogP contribution in [-0.4, -0.2) is 103 Å². The fraction of sp³-hybridized carbons (Fsp3) is 0.308. The second kappa shape index (κ2) is 13.6. The molecule has 2 aromatic carbocycles. The van der Waals surface area contributed by atoms with E-state index >= 15 is 0 Å². The van der Waals surface area contributed by atoms with E-state index in [1.165, 1.54) is 0 Å². The summed E-state index contributed by atoms with van der Waals surface area (Å²) in [6.45, 7) is -0.209. The Kier molecular flexibility index (Phi) is 9.30. The summed E-state index contributed by atoms with van der Waals surface area (Å²) in [5, 5.41) is 38.0. The molecule has 0 fully saturated rings. The molecule has 0 saturated carbocycles. The van der Waals surface area contributed by atoms with E-state index in [-0.39, 0.29) is 88.5 Å². The Balaban J connectivity index is 1.59. The molecule has 8 bridgehead atoms. The second-order valence-corrected chi connectivity index (χ2v) is 8.63. The molecule has 0 spiro atoms. The lowest BCUT2D eigenvalue weighted by Crippen LogP contribution is -2.31. The number of hydrogen-bond donors (Lipinski definition) is 4. The van der Waals surface area contributed by atoms with Crippen LogP contribution in [0.15, 0.2) is 48.5 Å². The first-order valence-corrected chi connectivity index (χ1v) is 12.9. The summed E-state index contributed by atoms with van der Waals surface area (Å²) in [7, 11) is 0. The standard InChI is InChI=1S/C26H28N8O8/c35-11-7-33(8-12-36)21-27-23-31-25(29-21)41-19-5-2-6-20(16-19)42-26-30-22(34(9-13-37)10-14-38)28-24(32-26)40-18-4-1-3-17(15-18)39-23/h1-6,15-16,35-38H,7-14H2. The van der Waals surface area contributed by atoms with Crippen molar-refractivity contribution >= 4 is 11.9 Å². The molecule has 1 aliphatic rings. The molecule has 0 atom stereocenters. The lowest BCUT2D eigenvalue weighted by Gasteiger charge is -2.21. The molecule has 4 N–H and O–H groups in total. The summed E-state index contributed by atoms with van der Waals surface area (Å²) in [5.74, 6) is 1.44. The topological polar surface area (TPSA) is 202 Å². The van der Waals surface area contributed by atoms with Crippen molar-refractivity contribution in [2.45, 2.75) is 0 Å². The predicted molar refractivity (Wildman–Crippen MR) is 146 cm³/mol. The van der Waals surface area contributed by atoms with E-state index in [9.17, 15) is 20.4 Å². The fourth-order valence-electron chi connectivity index (χ4n) is 3.85. The van der Waals surface area contributed by atoms with E-state index < -0.39 is 0 Å². The average Bonchev–Trinajstić information content (AvgIpc) is 2.97. The Morgan fingerprint density at radius 2 is 0.738 bits per heavy atom. The first-order valence-electron chi connectivity index (χ1n) is 12.9. The average molecular weight is 581 g/mol. The quantitative estimate of drug-likeness (QED) is 0.183. The molecule has 4 aromatic rings. The molecule has 16 heteroatoms. The zero-order chi connectivity index (χ0) is 29.3. The van der Waals surface area contributed by atoms with E-state index in [1.54, 1.807) is 58.3 Å². The van der Waals surface area contributed by atoms with Gasteiger partial charge in [0.05, 0.1) is 26.4 Å². The van der Waals surface area contributed by atoms with Gasteiger partial charge < -0.3 is 49.2 Å². The lowest BCUT2D eigenvalue weighted by molar-refractivity contribution is 0.279. The summed E-state index contributed by atoms with van der Waals surface area (Å²) < 4.78 is 23.7.